The number of hydrogen-bond donors (Lipinski definition) is 2. The molecular weight excluding hydrogens is 279 g/mol. The number of benzene rings is 1. The van der Waals surface area contributed by atoms with Crippen LogP contribution in [0.1, 0.15) is 11.6 Å². The summed E-state index contributed by atoms with van der Waals surface area (Å²) >= 11 is 10.8. The fraction of sp³-hybridized carbons (Fsp3) is 0.273. The molecule has 98 valence electrons. The van der Waals surface area contributed by atoms with E-state index < -0.39 is 17.8 Å². The number of halogens is 2. The van der Waals surface area contributed by atoms with Crippen LogP contribution in [0.5, 0.6) is 0 Å². The second-order valence-corrected chi connectivity index (χ2v) is 4.63. The molecule has 0 aliphatic rings. The van der Waals surface area contributed by atoms with E-state index in [4.69, 9.17) is 34.7 Å². The molecule has 3 N–H and O–H groups in total. The Kier molecular flexibility index (Phi) is 5.01. The lowest BCUT2D eigenvalue weighted by Gasteiger charge is -2.27. The first-order chi connectivity index (χ1) is 8.34. The second-order valence-electron chi connectivity index (χ2n) is 3.75. The van der Waals surface area contributed by atoms with Crippen molar-refractivity contribution in [3.63, 3.8) is 0 Å². The minimum absolute atomic E-state index is 0.0363. The number of nitrogens with zero attached hydrogens (tertiary/aromatic N) is 1. The Hall–Kier alpha value is -1.24. The van der Waals surface area contributed by atoms with Crippen LogP contribution in [0.4, 0.5) is 4.39 Å². The summed E-state index contributed by atoms with van der Waals surface area (Å²) < 4.78 is 13.8. The molecule has 1 atom stereocenters. The van der Waals surface area contributed by atoms with Gasteiger partial charge in [-0.3, -0.25) is 9.69 Å². The minimum atomic E-state index is -1.06. The average molecular weight is 291 g/mol. The highest BCUT2D eigenvalue weighted by molar-refractivity contribution is 7.80. The van der Waals surface area contributed by atoms with E-state index in [2.05, 4.69) is 0 Å². The predicted molar refractivity (Wildman–Crippen MR) is 71.2 cm³/mol. The summed E-state index contributed by atoms with van der Waals surface area (Å²) in [5, 5.41) is 8.91. The van der Waals surface area contributed by atoms with Crippen molar-refractivity contribution >= 4 is 34.8 Å². The first-order valence-corrected chi connectivity index (χ1v) is 5.78. The van der Waals surface area contributed by atoms with Crippen LogP contribution in [-0.2, 0) is 4.79 Å². The van der Waals surface area contributed by atoms with E-state index in [0.29, 0.717) is 0 Å². The lowest BCUT2D eigenvalue weighted by atomic mass is 10.0. The van der Waals surface area contributed by atoms with Gasteiger partial charge < -0.3 is 10.8 Å². The number of nitrogens with two attached hydrogens (primary N) is 1. The molecule has 7 heteroatoms. The lowest BCUT2D eigenvalue weighted by molar-refractivity contribution is -0.138. The topological polar surface area (TPSA) is 66.6 Å². The van der Waals surface area contributed by atoms with E-state index in [1.165, 1.54) is 30.1 Å². The van der Waals surface area contributed by atoms with Crippen LogP contribution >= 0.6 is 23.8 Å². The third-order valence-electron chi connectivity index (χ3n) is 2.37. The summed E-state index contributed by atoms with van der Waals surface area (Å²) in [5.74, 6) is -1.64. The van der Waals surface area contributed by atoms with E-state index in [9.17, 15) is 9.18 Å². The number of carbonyl (C=O) groups is 1. The van der Waals surface area contributed by atoms with E-state index in [1.54, 1.807) is 0 Å². The summed E-state index contributed by atoms with van der Waals surface area (Å²) in [5.41, 5.74) is 5.65. The van der Waals surface area contributed by atoms with Crippen LogP contribution in [0.25, 0.3) is 0 Å². The number of carboxylic acids is 1. The van der Waals surface area contributed by atoms with Crippen molar-refractivity contribution in [2.45, 2.75) is 6.04 Å². The van der Waals surface area contributed by atoms with Gasteiger partial charge in [-0.2, -0.15) is 0 Å². The number of rotatable bonds is 5. The molecule has 0 saturated carbocycles. The third kappa shape index (κ3) is 3.38. The number of hydrogen-bond acceptors (Lipinski definition) is 3. The van der Waals surface area contributed by atoms with Gasteiger partial charge in [0.05, 0.1) is 17.6 Å². The zero-order valence-electron chi connectivity index (χ0n) is 9.56. The van der Waals surface area contributed by atoms with Crippen molar-refractivity contribution in [2.75, 3.05) is 13.6 Å². The molecule has 0 bridgehead atoms. The van der Waals surface area contributed by atoms with E-state index in [0.717, 1.165) is 0 Å². The van der Waals surface area contributed by atoms with Crippen molar-refractivity contribution in [1.82, 2.24) is 4.90 Å². The van der Waals surface area contributed by atoms with Crippen LogP contribution in [-0.4, -0.2) is 34.6 Å². The summed E-state index contributed by atoms with van der Waals surface area (Å²) in [6.07, 6.45) is 0. The Morgan fingerprint density at radius 2 is 2.28 bits per heavy atom. The van der Waals surface area contributed by atoms with Gasteiger partial charge in [-0.1, -0.05) is 29.9 Å². The second kappa shape index (κ2) is 6.08. The van der Waals surface area contributed by atoms with Gasteiger partial charge in [0.2, 0.25) is 0 Å². The molecule has 0 fully saturated rings. The summed E-state index contributed by atoms with van der Waals surface area (Å²) in [6.45, 7) is -0.327. The largest absolute Gasteiger partial charge is 0.480 e. The molecular formula is C11H12ClFN2O2S. The molecule has 1 unspecified atom stereocenters. The SMILES string of the molecule is CN(CC(=O)O)C(C(N)=S)c1c(F)cccc1Cl. The first-order valence-electron chi connectivity index (χ1n) is 5.00. The molecule has 4 nitrogen and oxygen atoms in total. The molecule has 18 heavy (non-hydrogen) atoms. The Labute approximate surface area is 114 Å². The summed E-state index contributed by atoms with van der Waals surface area (Å²) in [4.78, 5) is 12.0. The lowest BCUT2D eigenvalue weighted by Crippen LogP contribution is -2.38. The van der Waals surface area contributed by atoms with Crippen molar-refractivity contribution in [2.24, 2.45) is 5.73 Å². The highest BCUT2D eigenvalue weighted by Crippen LogP contribution is 2.29. The third-order valence-corrected chi connectivity index (χ3v) is 2.92. The Morgan fingerprint density at radius 1 is 1.67 bits per heavy atom. The molecule has 0 saturated heterocycles. The summed E-state index contributed by atoms with van der Waals surface area (Å²) in [6, 6.07) is 3.32. The molecule has 0 spiro atoms. The van der Waals surface area contributed by atoms with E-state index >= 15 is 0 Å². The van der Waals surface area contributed by atoms with Crippen molar-refractivity contribution in [3.8, 4) is 0 Å². The van der Waals surface area contributed by atoms with Gasteiger partial charge in [0.1, 0.15) is 5.82 Å². The zero-order valence-corrected chi connectivity index (χ0v) is 11.1. The Bertz CT molecular complexity index is 464. The highest BCUT2D eigenvalue weighted by Gasteiger charge is 2.26. The zero-order chi connectivity index (χ0) is 13.9. The number of aliphatic carboxylic acids is 1. The van der Waals surface area contributed by atoms with Crippen LogP contribution in [0.15, 0.2) is 18.2 Å². The van der Waals surface area contributed by atoms with E-state index in [1.807, 2.05) is 0 Å². The first kappa shape index (κ1) is 14.8. The van der Waals surface area contributed by atoms with Gasteiger partial charge >= 0.3 is 5.97 Å². The molecule has 1 rings (SSSR count). The highest BCUT2D eigenvalue weighted by atomic mass is 35.5. The van der Waals surface area contributed by atoms with Gasteiger partial charge in [-0.05, 0) is 19.2 Å². The number of likely N-dealkylation sites (N-methyl/N-ethyl adjacent to an activating group) is 1. The maximum absolute atomic E-state index is 13.8. The maximum Gasteiger partial charge on any atom is 0.317 e. The minimum Gasteiger partial charge on any atom is -0.480 e. The fourth-order valence-electron chi connectivity index (χ4n) is 1.66. The maximum atomic E-state index is 13.8. The molecule has 0 aliphatic heterocycles. The van der Waals surface area contributed by atoms with Crippen LogP contribution in [0, 0.1) is 5.82 Å². The van der Waals surface area contributed by atoms with Crippen LogP contribution in [0.2, 0.25) is 5.02 Å². The molecule has 1 aromatic carbocycles. The van der Waals surface area contributed by atoms with E-state index in [-0.39, 0.29) is 22.1 Å². The van der Waals surface area contributed by atoms with Crippen LogP contribution < -0.4 is 5.73 Å². The Morgan fingerprint density at radius 3 is 2.72 bits per heavy atom. The van der Waals surface area contributed by atoms with Crippen molar-refractivity contribution in [3.05, 3.63) is 34.6 Å². The summed E-state index contributed by atoms with van der Waals surface area (Å²) in [7, 11) is 1.49. The van der Waals surface area contributed by atoms with Gasteiger partial charge in [0, 0.05) is 10.6 Å². The van der Waals surface area contributed by atoms with Crippen molar-refractivity contribution < 1.29 is 14.3 Å². The quantitative estimate of drug-likeness (QED) is 0.810. The molecule has 0 radical (unpaired) electrons. The van der Waals surface area contributed by atoms with Gasteiger partial charge in [0.25, 0.3) is 0 Å². The smallest absolute Gasteiger partial charge is 0.317 e. The molecule has 0 aromatic heterocycles. The van der Waals surface area contributed by atoms with Gasteiger partial charge in [-0.25, -0.2) is 4.39 Å². The normalized spacial score (nSPS) is 12.4. The monoisotopic (exact) mass is 290 g/mol. The standard InChI is InChI=1S/C11H12ClFN2O2S/c1-15(5-8(16)17)10(11(14)18)9-6(12)3-2-4-7(9)13/h2-4,10H,5H2,1H3,(H2,14,18)(H,16,17). The molecule has 0 heterocycles. The van der Waals surface area contributed by atoms with Crippen molar-refractivity contribution in [1.29, 1.82) is 0 Å². The number of thiocarbonyl (C=S) groups is 1. The van der Waals surface area contributed by atoms with Gasteiger partial charge in [0.15, 0.2) is 0 Å². The average Bonchev–Trinajstić information content (AvgIpc) is 2.21. The fourth-order valence-corrected chi connectivity index (χ4v) is 2.22. The van der Waals surface area contributed by atoms with Gasteiger partial charge in [-0.15, -0.1) is 0 Å². The Balaban J connectivity index is 3.20. The predicted octanol–water partition coefficient (Wildman–Crippen LogP) is 1.82. The molecule has 0 aliphatic carbocycles. The molecule has 1 aromatic rings. The molecule has 0 amide bonds. The van der Waals surface area contributed by atoms with Crippen LogP contribution in [0.3, 0.4) is 0 Å². The number of carboxylic acid groups (broad SMARTS) is 1.